The monoisotopic (exact) mass is 340 g/mol. The number of nitrogens with zero attached hydrogens (tertiary/aromatic N) is 1. The summed E-state index contributed by atoms with van der Waals surface area (Å²) in [6.45, 7) is 3.72. The Kier molecular flexibility index (Phi) is 4.07. The first-order valence-corrected chi connectivity index (χ1v) is 9.12. The molecule has 3 rings (SSSR count). The molecule has 0 fully saturated rings. The zero-order valence-electron chi connectivity index (χ0n) is 13.7. The van der Waals surface area contributed by atoms with Gasteiger partial charge >= 0.3 is 0 Å². The van der Waals surface area contributed by atoms with Crippen LogP contribution in [-0.2, 0) is 15.6 Å². The number of hydrogen-bond acceptors (Lipinski definition) is 3. The lowest BCUT2D eigenvalue weighted by Gasteiger charge is -2.16. The highest BCUT2D eigenvalue weighted by Gasteiger charge is 2.25. The van der Waals surface area contributed by atoms with E-state index in [2.05, 4.69) is 0 Å². The number of aromatic nitrogens is 1. The lowest BCUT2D eigenvalue weighted by atomic mass is 9.98. The van der Waals surface area contributed by atoms with Crippen LogP contribution in [0.25, 0.3) is 11.3 Å². The average Bonchev–Trinajstić information content (AvgIpc) is 3.03. The minimum absolute atomic E-state index is 0.249. The molecule has 4 nitrogen and oxygen atoms in total. The third-order valence-electron chi connectivity index (χ3n) is 3.90. The van der Waals surface area contributed by atoms with Gasteiger partial charge in [-0.2, -0.15) is 0 Å². The molecule has 0 amide bonds. The molecule has 0 radical (unpaired) electrons. The Hall–Kier alpha value is -2.37. The van der Waals surface area contributed by atoms with E-state index in [-0.39, 0.29) is 4.90 Å². The molecule has 124 valence electrons. The van der Waals surface area contributed by atoms with Crippen molar-refractivity contribution < 1.29 is 8.42 Å². The minimum atomic E-state index is -3.70. The molecule has 1 heterocycles. The summed E-state index contributed by atoms with van der Waals surface area (Å²) >= 11 is 0. The van der Waals surface area contributed by atoms with Gasteiger partial charge < -0.3 is 5.73 Å². The fourth-order valence-corrected chi connectivity index (χ4v) is 3.92. The second-order valence-corrected chi connectivity index (χ2v) is 8.13. The van der Waals surface area contributed by atoms with Crippen LogP contribution in [0.15, 0.2) is 77.8 Å². The van der Waals surface area contributed by atoms with Gasteiger partial charge in [0.05, 0.1) is 10.6 Å². The maximum absolute atomic E-state index is 13.1. The van der Waals surface area contributed by atoms with E-state index in [1.807, 2.05) is 50.2 Å². The van der Waals surface area contributed by atoms with Gasteiger partial charge in [0, 0.05) is 11.7 Å². The summed E-state index contributed by atoms with van der Waals surface area (Å²) in [7, 11) is -3.70. The van der Waals surface area contributed by atoms with Gasteiger partial charge in [-0.05, 0) is 43.2 Å². The predicted octanol–water partition coefficient (Wildman–Crippen LogP) is 3.59. The molecule has 0 saturated carbocycles. The number of hydrogen-bond donors (Lipinski definition) is 1. The van der Waals surface area contributed by atoms with E-state index in [9.17, 15) is 8.42 Å². The standard InChI is InChI=1S/C19H20N2O2S/c1-19(2,20)16-13-18(15-9-5-3-6-10-15)21(14-16)24(22,23)17-11-7-4-8-12-17/h3-14H,20H2,1-2H3. The molecule has 0 bridgehead atoms. The highest BCUT2D eigenvalue weighted by Crippen LogP contribution is 2.30. The molecule has 1 aromatic heterocycles. The summed E-state index contributed by atoms with van der Waals surface area (Å²) in [5, 5.41) is 0. The lowest BCUT2D eigenvalue weighted by molar-refractivity contribution is 0.554. The summed E-state index contributed by atoms with van der Waals surface area (Å²) in [5.74, 6) is 0. The normalized spacial score (nSPS) is 12.3. The van der Waals surface area contributed by atoms with Crippen LogP contribution in [0.2, 0.25) is 0 Å². The zero-order valence-corrected chi connectivity index (χ0v) is 14.5. The molecule has 0 unspecified atom stereocenters. The topological polar surface area (TPSA) is 65.1 Å². The number of nitrogens with two attached hydrogens (primary N) is 1. The third kappa shape index (κ3) is 3.00. The van der Waals surface area contributed by atoms with Crippen molar-refractivity contribution in [3.63, 3.8) is 0 Å². The van der Waals surface area contributed by atoms with E-state index in [0.29, 0.717) is 5.69 Å². The molecule has 0 aliphatic carbocycles. The van der Waals surface area contributed by atoms with E-state index in [1.54, 1.807) is 36.5 Å². The third-order valence-corrected chi connectivity index (χ3v) is 5.59. The molecule has 0 aliphatic rings. The molecular weight excluding hydrogens is 320 g/mol. The molecule has 5 heteroatoms. The van der Waals surface area contributed by atoms with Gasteiger partial charge in [0.25, 0.3) is 10.0 Å². The van der Waals surface area contributed by atoms with E-state index in [4.69, 9.17) is 5.73 Å². The van der Waals surface area contributed by atoms with Crippen LogP contribution in [0, 0.1) is 0 Å². The fraction of sp³-hybridized carbons (Fsp3) is 0.158. The summed E-state index contributed by atoms with van der Waals surface area (Å²) in [6, 6.07) is 19.7. The molecule has 0 spiro atoms. The van der Waals surface area contributed by atoms with Crippen LogP contribution in [0.1, 0.15) is 19.4 Å². The van der Waals surface area contributed by atoms with Crippen LogP contribution in [-0.4, -0.2) is 12.4 Å². The minimum Gasteiger partial charge on any atom is -0.322 e. The first kappa shape index (κ1) is 16.5. The lowest BCUT2D eigenvalue weighted by Crippen LogP contribution is -2.28. The van der Waals surface area contributed by atoms with E-state index in [1.165, 1.54) is 3.97 Å². The Morgan fingerprint density at radius 3 is 2.00 bits per heavy atom. The average molecular weight is 340 g/mol. The van der Waals surface area contributed by atoms with Crippen LogP contribution in [0.3, 0.4) is 0 Å². The van der Waals surface area contributed by atoms with E-state index in [0.717, 1.165) is 11.1 Å². The van der Waals surface area contributed by atoms with Gasteiger partial charge in [-0.1, -0.05) is 48.5 Å². The Balaban J connectivity index is 2.26. The molecule has 3 aromatic rings. The predicted molar refractivity (Wildman–Crippen MR) is 96.1 cm³/mol. The summed E-state index contributed by atoms with van der Waals surface area (Å²) in [4.78, 5) is 0.249. The van der Waals surface area contributed by atoms with Crippen molar-refractivity contribution in [2.24, 2.45) is 5.73 Å². The highest BCUT2D eigenvalue weighted by molar-refractivity contribution is 7.90. The van der Waals surface area contributed by atoms with Gasteiger partial charge in [-0.3, -0.25) is 0 Å². The van der Waals surface area contributed by atoms with Crippen LogP contribution in [0.5, 0.6) is 0 Å². The van der Waals surface area contributed by atoms with Crippen molar-refractivity contribution in [3.8, 4) is 11.3 Å². The Bertz CT molecular complexity index is 938. The van der Waals surface area contributed by atoms with Gasteiger partial charge in [0.1, 0.15) is 0 Å². The molecule has 0 saturated heterocycles. The molecular formula is C19H20N2O2S. The number of benzene rings is 2. The Morgan fingerprint density at radius 1 is 0.917 bits per heavy atom. The van der Waals surface area contributed by atoms with Gasteiger partial charge in [-0.15, -0.1) is 0 Å². The molecule has 2 N–H and O–H groups in total. The summed E-state index contributed by atoms with van der Waals surface area (Å²) in [5.41, 5.74) is 7.75. The maximum Gasteiger partial charge on any atom is 0.268 e. The van der Waals surface area contributed by atoms with Crippen molar-refractivity contribution in [2.45, 2.75) is 24.3 Å². The fourth-order valence-electron chi connectivity index (χ4n) is 2.52. The molecule has 0 aliphatic heterocycles. The van der Waals surface area contributed by atoms with Gasteiger partial charge in [0.15, 0.2) is 0 Å². The first-order valence-electron chi connectivity index (χ1n) is 7.68. The largest absolute Gasteiger partial charge is 0.322 e. The second kappa shape index (κ2) is 5.92. The number of rotatable bonds is 4. The van der Waals surface area contributed by atoms with Crippen molar-refractivity contribution in [3.05, 3.63) is 78.5 Å². The Labute approximate surface area is 142 Å². The van der Waals surface area contributed by atoms with E-state index >= 15 is 0 Å². The van der Waals surface area contributed by atoms with Crippen LogP contribution >= 0.6 is 0 Å². The van der Waals surface area contributed by atoms with Crippen LogP contribution < -0.4 is 5.73 Å². The zero-order chi connectivity index (χ0) is 17.4. The molecule has 2 aromatic carbocycles. The van der Waals surface area contributed by atoms with Gasteiger partial charge in [0.2, 0.25) is 0 Å². The van der Waals surface area contributed by atoms with Crippen molar-refractivity contribution in [1.82, 2.24) is 3.97 Å². The SMILES string of the molecule is CC(C)(N)c1cc(-c2ccccc2)n(S(=O)(=O)c2ccccc2)c1. The quantitative estimate of drug-likeness (QED) is 0.789. The van der Waals surface area contributed by atoms with Crippen LogP contribution in [0.4, 0.5) is 0 Å². The second-order valence-electron chi connectivity index (χ2n) is 6.32. The smallest absolute Gasteiger partial charge is 0.268 e. The van der Waals surface area contributed by atoms with Crippen molar-refractivity contribution in [2.75, 3.05) is 0 Å². The maximum atomic E-state index is 13.1. The van der Waals surface area contributed by atoms with E-state index < -0.39 is 15.6 Å². The summed E-state index contributed by atoms with van der Waals surface area (Å²) < 4.78 is 27.5. The molecule has 24 heavy (non-hydrogen) atoms. The summed E-state index contributed by atoms with van der Waals surface area (Å²) in [6.07, 6.45) is 1.62. The first-order chi connectivity index (χ1) is 11.3. The van der Waals surface area contributed by atoms with Crippen molar-refractivity contribution >= 4 is 10.0 Å². The van der Waals surface area contributed by atoms with Gasteiger partial charge in [-0.25, -0.2) is 12.4 Å². The highest BCUT2D eigenvalue weighted by atomic mass is 32.2. The molecule has 0 atom stereocenters. The Morgan fingerprint density at radius 2 is 1.46 bits per heavy atom. The van der Waals surface area contributed by atoms with Crippen molar-refractivity contribution in [1.29, 1.82) is 0 Å².